The number of guanidine groups is 1. The molecule has 0 bridgehead atoms. The maximum Gasteiger partial charge on any atom is 0.191 e. The van der Waals surface area contributed by atoms with Crippen molar-refractivity contribution < 1.29 is 4.74 Å². The molecule has 3 rings (SSSR count). The van der Waals surface area contributed by atoms with Gasteiger partial charge in [-0.3, -0.25) is 9.98 Å². The molecule has 0 aliphatic carbocycles. The number of methoxy groups -OCH3 is 1. The molecule has 2 aromatic carbocycles. The second kappa shape index (κ2) is 9.74. The van der Waals surface area contributed by atoms with Crippen molar-refractivity contribution in [2.24, 2.45) is 4.99 Å². The van der Waals surface area contributed by atoms with E-state index in [2.05, 4.69) is 45.7 Å². The molecule has 1 aromatic heterocycles. The van der Waals surface area contributed by atoms with Crippen molar-refractivity contribution in [3.8, 4) is 5.75 Å². The Morgan fingerprint density at radius 3 is 2.61 bits per heavy atom. The van der Waals surface area contributed by atoms with Gasteiger partial charge in [-0.05, 0) is 47.7 Å². The zero-order chi connectivity index (χ0) is 19.8. The highest BCUT2D eigenvalue weighted by atomic mass is 16.5. The second-order valence-corrected chi connectivity index (χ2v) is 6.80. The molecule has 0 spiro atoms. The number of pyridine rings is 1. The van der Waals surface area contributed by atoms with Crippen LogP contribution in [0.5, 0.6) is 5.75 Å². The summed E-state index contributed by atoms with van der Waals surface area (Å²) in [5, 5.41) is 7.98. The maximum atomic E-state index is 5.23. The Morgan fingerprint density at radius 1 is 1.07 bits per heavy atom. The van der Waals surface area contributed by atoms with E-state index in [1.165, 1.54) is 16.5 Å². The number of fused-ring (bicyclic) bond motifs is 1. The fraction of sp³-hybridized carbons (Fsp3) is 0.304. The van der Waals surface area contributed by atoms with Gasteiger partial charge < -0.3 is 15.4 Å². The lowest BCUT2D eigenvalue weighted by molar-refractivity contribution is 0.414. The smallest absolute Gasteiger partial charge is 0.191 e. The van der Waals surface area contributed by atoms with Gasteiger partial charge >= 0.3 is 0 Å². The fourth-order valence-electron chi connectivity index (χ4n) is 3.21. The molecule has 5 heteroatoms. The Labute approximate surface area is 166 Å². The molecule has 0 saturated carbocycles. The molecule has 1 atom stereocenters. The van der Waals surface area contributed by atoms with Gasteiger partial charge in [-0.15, -0.1) is 0 Å². The summed E-state index contributed by atoms with van der Waals surface area (Å²) in [6.45, 7) is 3.80. The fourth-order valence-corrected chi connectivity index (χ4v) is 3.21. The molecular formula is C23H28N4O. The van der Waals surface area contributed by atoms with Gasteiger partial charge in [0.25, 0.3) is 0 Å². The number of nitrogens with zero attached hydrogens (tertiary/aromatic N) is 2. The number of aromatic nitrogens is 1. The maximum absolute atomic E-state index is 5.23. The summed E-state index contributed by atoms with van der Waals surface area (Å²) in [4.78, 5) is 8.75. The number of rotatable bonds is 7. The van der Waals surface area contributed by atoms with Crippen molar-refractivity contribution in [3.63, 3.8) is 0 Å². The number of para-hydroxylation sites is 1. The number of benzene rings is 2. The minimum atomic E-state index is 0.459. The van der Waals surface area contributed by atoms with E-state index in [1.54, 1.807) is 14.2 Å². The Kier molecular flexibility index (Phi) is 6.84. The van der Waals surface area contributed by atoms with Gasteiger partial charge in [0.15, 0.2) is 5.96 Å². The van der Waals surface area contributed by atoms with Crippen molar-refractivity contribution in [2.45, 2.75) is 25.8 Å². The molecular weight excluding hydrogens is 348 g/mol. The molecule has 0 fully saturated rings. The van der Waals surface area contributed by atoms with E-state index in [-0.39, 0.29) is 0 Å². The van der Waals surface area contributed by atoms with Crippen molar-refractivity contribution >= 4 is 16.9 Å². The highest BCUT2D eigenvalue weighted by Gasteiger charge is 2.07. The second-order valence-electron chi connectivity index (χ2n) is 6.80. The van der Waals surface area contributed by atoms with Crippen molar-refractivity contribution in [3.05, 3.63) is 71.9 Å². The third kappa shape index (κ3) is 5.00. The van der Waals surface area contributed by atoms with E-state index in [0.29, 0.717) is 12.5 Å². The average molecular weight is 377 g/mol. The topological polar surface area (TPSA) is 58.5 Å². The number of nitrogens with one attached hydrogen (secondary N) is 2. The Hall–Kier alpha value is -3.08. The molecule has 146 valence electrons. The summed E-state index contributed by atoms with van der Waals surface area (Å²) in [6.07, 6.45) is 2.87. The molecule has 0 amide bonds. The van der Waals surface area contributed by atoms with Gasteiger partial charge in [0.2, 0.25) is 0 Å². The first-order valence-electron chi connectivity index (χ1n) is 9.62. The zero-order valence-electron chi connectivity index (χ0n) is 16.8. The Balaban J connectivity index is 1.50. The van der Waals surface area contributed by atoms with Crippen molar-refractivity contribution in [1.29, 1.82) is 0 Å². The van der Waals surface area contributed by atoms with Crippen LogP contribution in [0.2, 0.25) is 0 Å². The summed E-state index contributed by atoms with van der Waals surface area (Å²) in [7, 11) is 3.49. The predicted octanol–water partition coefficient (Wildman–Crippen LogP) is 4.10. The third-order valence-electron chi connectivity index (χ3n) is 4.96. The molecule has 28 heavy (non-hydrogen) atoms. The van der Waals surface area contributed by atoms with E-state index in [4.69, 9.17) is 4.74 Å². The van der Waals surface area contributed by atoms with Crippen LogP contribution in [0.25, 0.3) is 10.9 Å². The largest absolute Gasteiger partial charge is 0.497 e. The number of hydrogen-bond donors (Lipinski definition) is 2. The van der Waals surface area contributed by atoms with E-state index in [1.807, 2.05) is 42.6 Å². The van der Waals surface area contributed by atoms with Crippen LogP contribution < -0.4 is 15.4 Å². The van der Waals surface area contributed by atoms with Crippen LogP contribution in [0.1, 0.15) is 30.4 Å². The van der Waals surface area contributed by atoms with Crippen molar-refractivity contribution in [2.75, 3.05) is 20.7 Å². The molecule has 1 unspecified atom stereocenters. The molecule has 0 aliphatic rings. The van der Waals surface area contributed by atoms with Crippen LogP contribution in [0.4, 0.5) is 0 Å². The van der Waals surface area contributed by atoms with Gasteiger partial charge in [0.05, 0.1) is 12.6 Å². The lowest BCUT2D eigenvalue weighted by atomic mass is 9.98. The molecule has 1 heterocycles. The molecule has 2 N–H and O–H groups in total. The minimum absolute atomic E-state index is 0.459. The van der Waals surface area contributed by atoms with E-state index in [0.717, 1.165) is 30.2 Å². The highest BCUT2D eigenvalue weighted by molar-refractivity contribution is 5.83. The number of ether oxygens (including phenoxy) is 1. The van der Waals surface area contributed by atoms with Crippen molar-refractivity contribution in [1.82, 2.24) is 15.6 Å². The highest BCUT2D eigenvalue weighted by Crippen LogP contribution is 2.21. The van der Waals surface area contributed by atoms with Crippen LogP contribution in [-0.2, 0) is 6.54 Å². The number of aliphatic imine (C=N–C) groups is 1. The molecule has 5 nitrogen and oxygen atoms in total. The third-order valence-corrected chi connectivity index (χ3v) is 4.96. The first-order chi connectivity index (χ1) is 13.7. The van der Waals surface area contributed by atoms with Crippen LogP contribution in [0.3, 0.4) is 0 Å². The summed E-state index contributed by atoms with van der Waals surface area (Å²) in [6, 6.07) is 18.5. The SMILES string of the molecule is CN=C(NCCC(C)c1ccc(OC)cc1)NCc1ccnc2ccccc12. The van der Waals surface area contributed by atoms with Crippen LogP contribution in [-0.4, -0.2) is 31.6 Å². The Bertz CT molecular complexity index is 916. The lowest BCUT2D eigenvalue weighted by Gasteiger charge is -2.16. The average Bonchev–Trinajstić information content (AvgIpc) is 2.76. The lowest BCUT2D eigenvalue weighted by Crippen LogP contribution is -2.37. The normalized spacial score (nSPS) is 12.6. The van der Waals surface area contributed by atoms with Gasteiger partial charge in [-0.25, -0.2) is 0 Å². The predicted molar refractivity (Wildman–Crippen MR) is 116 cm³/mol. The van der Waals surface area contributed by atoms with Gasteiger partial charge in [0.1, 0.15) is 5.75 Å². The summed E-state index contributed by atoms with van der Waals surface area (Å²) in [5.41, 5.74) is 3.53. The van der Waals surface area contributed by atoms with E-state index in [9.17, 15) is 0 Å². The zero-order valence-corrected chi connectivity index (χ0v) is 16.8. The van der Waals surface area contributed by atoms with Gasteiger partial charge in [0, 0.05) is 31.7 Å². The summed E-state index contributed by atoms with van der Waals surface area (Å²) in [5.74, 6) is 2.16. The molecule has 3 aromatic rings. The summed E-state index contributed by atoms with van der Waals surface area (Å²) >= 11 is 0. The molecule has 0 saturated heterocycles. The van der Waals surface area contributed by atoms with Crippen LogP contribution >= 0.6 is 0 Å². The van der Waals surface area contributed by atoms with Crippen LogP contribution in [0, 0.1) is 0 Å². The summed E-state index contributed by atoms with van der Waals surface area (Å²) < 4.78 is 5.23. The van der Waals surface area contributed by atoms with Crippen LogP contribution in [0.15, 0.2) is 65.8 Å². The van der Waals surface area contributed by atoms with E-state index < -0.39 is 0 Å². The first-order valence-corrected chi connectivity index (χ1v) is 9.62. The first kappa shape index (κ1) is 19.7. The van der Waals surface area contributed by atoms with E-state index >= 15 is 0 Å². The minimum Gasteiger partial charge on any atom is -0.497 e. The Morgan fingerprint density at radius 2 is 1.86 bits per heavy atom. The quantitative estimate of drug-likeness (QED) is 0.481. The van der Waals surface area contributed by atoms with Gasteiger partial charge in [-0.1, -0.05) is 37.3 Å². The number of hydrogen-bond acceptors (Lipinski definition) is 3. The molecule has 0 radical (unpaired) electrons. The monoisotopic (exact) mass is 376 g/mol. The molecule has 0 aliphatic heterocycles. The standard InChI is InChI=1S/C23H28N4O/c1-17(18-8-10-20(28-3)11-9-18)12-14-26-23(24-2)27-16-19-13-15-25-22-7-5-4-6-21(19)22/h4-11,13,15,17H,12,14,16H2,1-3H3,(H2,24,26,27). The van der Waals surface area contributed by atoms with Gasteiger partial charge in [-0.2, -0.15) is 0 Å².